The van der Waals surface area contributed by atoms with Crippen LogP contribution in [0.5, 0.6) is 5.75 Å². The topological polar surface area (TPSA) is 84.1 Å². The molecule has 0 fully saturated rings. The van der Waals surface area contributed by atoms with Crippen molar-refractivity contribution in [2.75, 3.05) is 11.9 Å². The average molecular weight is 470 g/mol. The maximum atomic E-state index is 13.1. The average Bonchev–Trinajstić information content (AvgIpc) is 2.77. The summed E-state index contributed by atoms with van der Waals surface area (Å²) in [6.45, 7) is 2.69. The molecule has 8 heteroatoms. The van der Waals surface area contributed by atoms with Crippen molar-refractivity contribution in [2.24, 2.45) is 0 Å². The first-order valence-electron chi connectivity index (χ1n) is 10.6. The number of carbonyl (C=O) groups is 1. The fourth-order valence-corrected chi connectivity index (χ4v) is 4.71. The van der Waals surface area contributed by atoms with Crippen LogP contribution in [-0.2, 0) is 10.5 Å². The molecule has 4 rings (SSSR count). The molecule has 0 aliphatic carbocycles. The van der Waals surface area contributed by atoms with E-state index >= 15 is 0 Å². The molecule has 1 aliphatic rings. The van der Waals surface area contributed by atoms with Gasteiger partial charge in [-0.05, 0) is 30.2 Å². The molecule has 3 aromatic rings. The van der Waals surface area contributed by atoms with Crippen LogP contribution in [0.1, 0.15) is 48.8 Å². The molecule has 1 amide bonds. The minimum atomic E-state index is -0.417. The molecule has 0 radical (unpaired) electrons. The normalized spacial score (nSPS) is 15.2. The Morgan fingerprint density at radius 3 is 2.84 bits per heavy atom. The summed E-state index contributed by atoms with van der Waals surface area (Å²) in [6, 6.07) is 15.1. The summed E-state index contributed by atoms with van der Waals surface area (Å²) in [5.74, 6) is 1.01. The highest BCUT2D eigenvalue weighted by atomic mass is 35.5. The number of rotatable bonds is 8. The predicted octanol–water partition coefficient (Wildman–Crippen LogP) is 5.37. The van der Waals surface area contributed by atoms with Crippen molar-refractivity contribution in [3.63, 3.8) is 0 Å². The van der Waals surface area contributed by atoms with E-state index in [0.29, 0.717) is 39.7 Å². The number of H-pyrrole nitrogens is 1. The van der Waals surface area contributed by atoms with Crippen LogP contribution in [0.4, 0.5) is 5.82 Å². The number of hydrogen-bond acceptors (Lipinski definition) is 5. The van der Waals surface area contributed by atoms with E-state index < -0.39 is 5.92 Å². The zero-order valence-corrected chi connectivity index (χ0v) is 19.3. The molecule has 32 heavy (non-hydrogen) atoms. The molecule has 1 aliphatic heterocycles. The molecule has 0 saturated carbocycles. The quantitative estimate of drug-likeness (QED) is 0.263. The van der Waals surface area contributed by atoms with Gasteiger partial charge in [0.1, 0.15) is 11.6 Å². The van der Waals surface area contributed by atoms with E-state index in [1.54, 1.807) is 0 Å². The maximum absolute atomic E-state index is 13.1. The van der Waals surface area contributed by atoms with E-state index in [9.17, 15) is 9.59 Å². The van der Waals surface area contributed by atoms with Gasteiger partial charge in [-0.15, -0.1) is 0 Å². The number of nitrogens with one attached hydrogen (secondary N) is 2. The van der Waals surface area contributed by atoms with Crippen molar-refractivity contribution >= 4 is 35.1 Å². The van der Waals surface area contributed by atoms with Crippen LogP contribution in [-0.4, -0.2) is 22.5 Å². The number of aromatic nitrogens is 2. The van der Waals surface area contributed by atoms with Crippen molar-refractivity contribution in [2.45, 2.75) is 43.0 Å². The lowest BCUT2D eigenvalue weighted by molar-refractivity contribution is -0.116. The van der Waals surface area contributed by atoms with E-state index in [1.165, 1.54) is 11.8 Å². The minimum absolute atomic E-state index is 0.168. The molecule has 0 spiro atoms. The number of aromatic amines is 1. The highest BCUT2D eigenvalue weighted by Gasteiger charge is 2.32. The third-order valence-electron chi connectivity index (χ3n) is 5.24. The Labute approximate surface area is 195 Å². The number of fused-ring (bicyclic) bond motifs is 1. The van der Waals surface area contributed by atoms with E-state index in [-0.39, 0.29) is 17.9 Å². The van der Waals surface area contributed by atoms with Gasteiger partial charge in [0.25, 0.3) is 5.56 Å². The summed E-state index contributed by atoms with van der Waals surface area (Å²) < 4.78 is 5.96. The molecule has 2 N–H and O–H groups in total. The van der Waals surface area contributed by atoms with Gasteiger partial charge in [-0.1, -0.05) is 67.0 Å². The van der Waals surface area contributed by atoms with Gasteiger partial charge in [0.2, 0.25) is 5.91 Å². The fraction of sp³-hybridized carbons (Fsp3) is 0.292. The Hall–Kier alpha value is -2.77. The summed E-state index contributed by atoms with van der Waals surface area (Å²) in [7, 11) is 0. The van der Waals surface area contributed by atoms with E-state index in [2.05, 4.69) is 22.2 Å². The highest BCUT2D eigenvalue weighted by Crippen LogP contribution is 2.38. The number of anilines is 1. The van der Waals surface area contributed by atoms with Gasteiger partial charge < -0.3 is 15.0 Å². The molecular formula is C24H24ClN3O3S. The summed E-state index contributed by atoms with van der Waals surface area (Å²) in [6.07, 6.45) is 2.13. The number of benzene rings is 2. The second-order valence-corrected chi connectivity index (χ2v) is 9.00. The Kier molecular flexibility index (Phi) is 7.17. The van der Waals surface area contributed by atoms with Crippen molar-refractivity contribution in [3.8, 4) is 5.75 Å². The van der Waals surface area contributed by atoms with Crippen LogP contribution >= 0.6 is 23.4 Å². The fourth-order valence-electron chi connectivity index (χ4n) is 3.69. The van der Waals surface area contributed by atoms with Crippen LogP contribution < -0.4 is 15.6 Å². The van der Waals surface area contributed by atoms with Crippen LogP contribution in [0.3, 0.4) is 0 Å². The smallest absolute Gasteiger partial charge is 0.257 e. The molecule has 166 valence electrons. The number of para-hydroxylation sites is 1. The first-order chi connectivity index (χ1) is 15.5. The van der Waals surface area contributed by atoms with Gasteiger partial charge >= 0.3 is 0 Å². The molecule has 2 heterocycles. The van der Waals surface area contributed by atoms with Crippen LogP contribution in [0.15, 0.2) is 58.5 Å². The van der Waals surface area contributed by atoms with Crippen molar-refractivity contribution in [3.05, 3.63) is 80.6 Å². The molecule has 0 unspecified atom stereocenters. The van der Waals surface area contributed by atoms with Crippen molar-refractivity contribution < 1.29 is 9.53 Å². The van der Waals surface area contributed by atoms with Crippen molar-refractivity contribution in [1.82, 2.24) is 9.97 Å². The van der Waals surface area contributed by atoms with E-state index in [4.69, 9.17) is 16.3 Å². The molecule has 2 aromatic carbocycles. The number of ether oxygens (including phenoxy) is 1. The lowest BCUT2D eigenvalue weighted by Crippen LogP contribution is -2.31. The van der Waals surface area contributed by atoms with Crippen molar-refractivity contribution in [1.29, 1.82) is 0 Å². The van der Waals surface area contributed by atoms with Gasteiger partial charge in [0, 0.05) is 28.7 Å². The summed E-state index contributed by atoms with van der Waals surface area (Å²) >= 11 is 7.43. The zero-order chi connectivity index (χ0) is 22.5. The largest absolute Gasteiger partial charge is 0.493 e. The number of halogens is 1. The number of carbonyl (C=O) groups excluding carboxylic acids is 1. The molecular weight excluding hydrogens is 446 g/mol. The lowest BCUT2D eigenvalue weighted by atomic mass is 9.86. The SMILES string of the molecule is CCCCOc1ccccc1[C@H]1CC(=O)Nc2nc(SCc3cccc(Cl)c3)[nH]c(=O)c21. The second kappa shape index (κ2) is 10.2. The summed E-state index contributed by atoms with van der Waals surface area (Å²) in [5, 5.41) is 3.88. The Morgan fingerprint density at radius 1 is 1.19 bits per heavy atom. The van der Waals surface area contributed by atoms with Gasteiger partial charge in [0.05, 0.1) is 12.2 Å². The first kappa shape index (κ1) is 22.4. The molecule has 6 nitrogen and oxygen atoms in total. The molecule has 0 saturated heterocycles. The van der Waals surface area contributed by atoms with Crippen LogP contribution in [0, 0.1) is 0 Å². The monoisotopic (exact) mass is 469 g/mol. The van der Waals surface area contributed by atoms with Gasteiger partial charge in [-0.2, -0.15) is 0 Å². The number of nitrogens with zero attached hydrogens (tertiary/aromatic N) is 1. The first-order valence-corrected chi connectivity index (χ1v) is 11.9. The van der Waals surface area contributed by atoms with E-state index in [0.717, 1.165) is 24.0 Å². The standard InChI is InChI=1S/C24H24ClN3O3S/c1-2-3-11-31-19-10-5-4-9-17(19)18-13-20(29)26-22-21(18)23(30)28-24(27-22)32-14-15-7-6-8-16(25)12-15/h4-10,12,18H,2-3,11,13-14H2,1H3,(H2,26,27,28,29,30)/t18-/m1/s1. The number of unbranched alkanes of at least 4 members (excludes halogenated alkanes) is 1. The van der Waals surface area contributed by atoms with Gasteiger partial charge in [-0.3, -0.25) is 9.59 Å². The summed E-state index contributed by atoms with van der Waals surface area (Å²) in [4.78, 5) is 33.0. The van der Waals surface area contributed by atoms with E-state index in [1.807, 2.05) is 48.5 Å². The third-order valence-corrected chi connectivity index (χ3v) is 6.42. The molecule has 1 atom stereocenters. The third kappa shape index (κ3) is 5.16. The summed E-state index contributed by atoms with van der Waals surface area (Å²) in [5.41, 5.74) is 2.05. The Balaban J connectivity index is 1.63. The number of thioether (sulfide) groups is 1. The van der Waals surface area contributed by atoms with Crippen LogP contribution in [0.2, 0.25) is 5.02 Å². The Bertz CT molecular complexity index is 1180. The lowest BCUT2D eigenvalue weighted by Gasteiger charge is -2.26. The van der Waals surface area contributed by atoms with Crippen LogP contribution in [0.25, 0.3) is 0 Å². The highest BCUT2D eigenvalue weighted by molar-refractivity contribution is 7.98. The Morgan fingerprint density at radius 2 is 2.03 bits per heavy atom. The molecule has 0 bridgehead atoms. The number of hydrogen-bond donors (Lipinski definition) is 2. The number of amides is 1. The van der Waals surface area contributed by atoms with Gasteiger partial charge in [0.15, 0.2) is 5.16 Å². The second-order valence-electron chi connectivity index (χ2n) is 7.60. The maximum Gasteiger partial charge on any atom is 0.257 e. The molecule has 1 aromatic heterocycles. The zero-order valence-electron chi connectivity index (χ0n) is 17.7. The minimum Gasteiger partial charge on any atom is -0.493 e. The van der Waals surface area contributed by atoms with Gasteiger partial charge in [-0.25, -0.2) is 4.98 Å². The predicted molar refractivity (Wildman–Crippen MR) is 128 cm³/mol.